The minimum absolute atomic E-state index is 0.282. The average Bonchev–Trinajstić information content (AvgIpc) is 2.26. The van der Waals surface area contributed by atoms with Crippen LogP contribution in [0.3, 0.4) is 0 Å². The zero-order valence-electron chi connectivity index (χ0n) is 11.1. The molecule has 1 aromatic rings. The number of likely N-dealkylation sites (N-methyl/N-ethyl adjacent to an activating group) is 1. The van der Waals surface area contributed by atoms with Crippen LogP contribution in [0.2, 0.25) is 0 Å². The first-order valence-electron chi connectivity index (χ1n) is 5.95. The Morgan fingerprint density at radius 3 is 2.42 bits per heavy atom. The molecule has 0 bridgehead atoms. The van der Waals surface area contributed by atoms with Crippen molar-refractivity contribution in [3.05, 3.63) is 41.9 Å². The molecule has 4 nitrogen and oxygen atoms in total. The second-order valence-corrected chi connectivity index (χ2v) is 4.87. The van der Waals surface area contributed by atoms with E-state index in [-0.39, 0.29) is 5.82 Å². The first-order chi connectivity index (χ1) is 8.85. The molecule has 0 unspecified atom stereocenters. The van der Waals surface area contributed by atoms with Gasteiger partial charge in [-0.1, -0.05) is 0 Å². The quantitative estimate of drug-likeness (QED) is 0.787. The van der Waals surface area contributed by atoms with Crippen molar-refractivity contribution in [3.63, 3.8) is 0 Å². The molecule has 1 heterocycles. The summed E-state index contributed by atoms with van der Waals surface area (Å²) >= 11 is 0. The van der Waals surface area contributed by atoms with Gasteiger partial charge in [-0.3, -0.25) is 0 Å². The van der Waals surface area contributed by atoms with Crippen molar-refractivity contribution in [1.82, 2.24) is 0 Å². The highest BCUT2D eigenvalue weighted by molar-refractivity contribution is 5.83. The number of halogens is 1. The molecule has 0 saturated carbocycles. The molecule has 19 heavy (non-hydrogen) atoms. The van der Waals surface area contributed by atoms with E-state index in [9.17, 15) is 9.18 Å². The van der Waals surface area contributed by atoms with E-state index >= 15 is 0 Å². The summed E-state index contributed by atoms with van der Waals surface area (Å²) < 4.78 is 23.4. The largest absolute Gasteiger partial charge is 0.455 e. The summed E-state index contributed by atoms with van der Waals surface area (Å²) in [6, 6.07) is 6.12. The van der Waals surface area contributed by atoms with Gasteiger partial charge in [-0.25, -0.2) is 9.18 Å². The number of rotatable bonds is 3. The Morgan fingerprint density at radius 2 is 1.84 bits per heavy atom. The highest BCUT2D eigenvalue weighted by Gasteiger charge is 2.30. The first kappa shape index (κ1) is 13.4. The van der Waals surface area contributed by atoms with E-state index in [1.54, 1.807) is 26.0 Å². The number of esters is 1. The highest BCUT2D eigenvalue weighted by Crippen LogP contribution is 2.23. The van der Waals surface area contributed by atoms with Crippen LogP contribution in [0.4, 0.5) is 10.1 Å². The Kier molecular flexibility index (Phi) is 3.46. The topological polar surface area (TPSA) is 38.8 Å². The Bertz CT molecular complexity index is 508. The van der Waals surface area contributed by atoms with Gasteiger partial charge in [0.05, 0.1) is 12.6 Å². The number of cyclic esters (lactones) is 1. The third-order valence-corrected chi connectivity index (χ3v) is 2.66. The van der Waals surface area contributed by atoms with E-state index in [2.05, 4.69) is 0 Å². The maximum Gasteiger partial charge on any atom is 0.337 e. The fraction of sp³-hybridized carbons (Fsp3) is 0.357. The number of hydrogen-bond donors (Lipinski definition) is 0. The maximum absolute atomic E-state index is 12.8. The molecule has 0 radical (unpaired) electrons. The van der Waals surface area contributed by atoms with Crippen LogP contribution in [-0.2, 0) is 14.3 Å². The van der Waals surface area contributed by atoms with Crippen LogP contribution in [0.1, 0.15) is 13.8 Å². The van der Waals surface area contributed by atoms with E-state index in [4.69, 9.17) is 9.47 Å². The van der Waals surface area contributed by atoms with Crippen molar-refractivity contribution in [2.45, 2.75) is 19.6 Å². The standard InChI is InChI=1S/C14H16FNO3/c1-14(2)18-12(8-13(17)19-14)9-16(3)11-6-4-10(15)5-7-11/h4-8H,9H2,1-3H3. The highest BCUT2D eigenvalue weighted by atomic mass is 19.1. The molecule has 5 heteroatoms. The summed E-state index contributed by atoms with van der Waals surface area (Å²) in [7, 11) is 1.84. The van der Waals surface area contributed by atoms with Gasteiger partial charge in [-0.2, -0.15) is 0 Å². The molecule has 102 valence electrons. The molecule has 0 aromatic heterocycles. The summed E-state index contributed by atoms with van der Waals surface area (Å²) in [6.07, 6.45) is 1.32. The Hall–Kier alpha value is -2.04. The van der Waals surface area contributed by atoms with Crippen molar-refractivity contribution in [2.24, 2.45) is 0 Å². The molecule has 1 aliphatic rings. The van der Waals surface area contributed by atoms with Crippen LogP contribution in [0.15, 0.2) is 36.1 Å². The predicted molar refractivity (Wildman–Crippen MR) is 69.0 cm³/mol. The summed E-state index contributed by atoms with van der Waals surface area (Å²) in [5, 5.41) is 0. The van der Waals surface area contributed by atoms with Crippen molar-refractivity contribution < 1.29 is 18.7 Å². The Balaban J connectivity index is 2.08. The van der Waals surface area contributed by atoms with Gasteiger partial charge >= 0.3 is 5.97 Å². The molecule has 0 amide bonds. The predicted octanol–water partition coefficient (Wildman–Crippen LogP) is 2.46. The molecule has 2 rings (SSSR count). The van der Waals surface area contributed by atoms with Crippen LogP contribution in [0.5, 0.6) is 0 Å². The van der Waals surface area contributed by atoms with E-state index in [1.807, 2.05) is 11.9 Å². The SMILES string of the molecule is CN(CC1=CC(=O)OC(C)(C)O1)c1ccc(F)cc1. The monoisotopic (exact) mass is 265 g/mol. The van der Waals surface area contributed by atoms with Gasteiger partial charge in [0.2, 0.25) is 5.79 Å². The molecular formula is C14H16FNO3. The molecule has 0 saturated heterocycles. The van der Waals surface area contributed by atoms with Crippen LogP contribution in [0, 0.1) is 5.82 Å². The van der Waals surface area contributed by atoms with Gasteiger partial charge in [0.15, 0.2) is 0 Å². The molecule has 1 aromatic carbocycles. The zero-order valence-corrected chi connectivity index (χ0v) is 11.1. The summed E-state index contributed by atoms with van der Waals surface area (Å²) in [5.74, 6) is -1.13. The number of benzene rings is 1. The maximum atomic E-state index is 12.8. The fourth-order valence-corrected chi connectivity index (χ4v) is 1.87. The number of nitrogens with zero attached hydrogens (tertiary/aromatic N) is 1. The number of anilines is 1. The zero-order chi connectivity index (χ0) is 14.0. The number of ether oxygens (including phenoxy) is 2. The molecule has 0 atom stereocenters. The minimum Gasteiger partial charge on any atom is -0.455 e. The van der Waals surface area contributed by atoms with Crippen LogP contribution in [0.25, 0.3) is 0 Å². The fourth-order valence-electron chi connectivity index (χ4n) is 1.87. The summed E-state index contributed by atoms with van der Waals surface area (Å²) in [4.78, 5) is 13.3. The van der Waals surface area contributed by atoms with Gasteiger partial charge in [-0.15, -0.1) is 0 Å². The average molecular weight is 265 g/mol. The van der Waals surface area contributed by atoms with E-state index < -0.39 is 11.8 Å². The first-order valence-corrected chi connectivity index (χ1v) is 5.95. The van der Waals surface area contributed by atoms with Gasteiger partial charge in [0, 0.05) is 26.6 Å². The normalized spacial score (nSPS) is 17.3. The number of carbonyl (C=O) groups excluding carboxylic acids is 1. The van der Waals surface area contributed by atoms with Crippen LogP contribution in [-0.4, -0.2) is 25.3 Å². The Labute approximate surface area is 111 Å². The second kappa shape index (κ2) is 4.91. The lowest BCUT2D eigenvalue weighted by Crippen LogP contribution is -2.37. The molecule has 1 aliphatic heterocycles. The van der Waals surface area contributed by atoms with Crippen molar-refractivity contribution in [3.8, 4) is 0 Å². The summed E-state index contributed by atoms with van der Waals surface area (Å²) in [6.45, 7) is 3.76. The van der Waals surface area contributed by atoms with Gasteiger partial charge in [-0.05, 0) is 24.3 Å². The van der Waals surface area contributed by atoms with Gasteiger partial charge in [0.1, 0.15) is 11.6 Å². The molecule has 0 aliphatic carbocycles. The lowest BCUT2D eigenvalue weighted by Gasteiger charge is -2.32. The van der Waals surface area contributed by atoms with Crippen molar-refractivity contribution in [1.29, 1.82) is 0 Å². The van der Waals surface area contributed by atoms with Crippen molar-refractivity contribution in [2.75, 3.05) is 18.5 Å². The molecule has 0 N–H and O–H groups in total. The van der Waals surface area contributed by atoms with Crippen molar-refractivity contribution >= 4 is 11.7 Å². The Morgan fingerprint density at radius 1 is 1.21 bits per heavy atom. The van der Waals surface area contributed by atoms with Crippen LogP contribution < -0.4 is 4.90 Å². The summed E-state index contributed by atoms with van der Waals surface area (Å²) in [5.41, 5.74) is 0.836. The number of carbonyl (C=O) groups is 1. The lowest BCUT2D eigenvalue weighted by molar-refractivity contribution is -0.205. The third-order valence-electron chi connectivity index (χ3n) is 2.66. The number of hydrogen-bond acceptors (Lipinski definition) is 4. The van der Waals surface area contributed by atoms with Gasteiger partial charge < -0.3 is 14.4 Å². The van der Waals surface area contributed by atoms with E-state index in [1.165, 1.54) is 18.2 Å². The molecule has 0 fully saturated rings. The van der Waals surface area contributed by atoms with Crippen LogP contribution >= 0.6 is 0 Å². The van der Waals surface area contributed by atoms with Gasteiger partial charge in [0.25, 0.3) is 0 Å². The van der Waals surface area contributed by atoms with E-state index in [0.717, 1.165) is 5.69 Å². The molecule has 0 spiro atoms. The van der Waals surface area contributed by atoms with E-state index in [0.29, 0.717) is 12.3 Å². The molecular weight excluding hydrogens is 249 g/mol. The second-order valence-electron chi connectivity index (χ2n) is 4.87. The third kappa shape index (κ3) is 3.47. The lowest BCUT2D eigenvalue weighted by atomic mass is 10.2. The minimum atomic E-state index is -0.954. The smallest absolute Gasteiger partial charge is 0.337 e.